The minimum atomic E-state index is -1.08. The lowest BCUT2D eigenvalue weighted by molar-refractivity contribution is -0.147. The number of nitrogens with zero attached hydrogens (tertiary/aromatic N) is 3. The summed E-state index contributed by atoms with van der Waals surface area (Å²) in [5, 5.41) is 24.2. The van der Waals surface area contributed by atoms with Gasteiger partial charge in [0.1, 0.15) is 35.6 Å². The molecule has 0 radical (unpaired) electrons. The average Bonchev–Trinajstić information content (AvgIpc) is 3.48. The second kappa shape index (κ2) is 12.0. The van der Waals surface area contributed by atoms with Gasteiger partial charge in [-0.05, 0) is 65.7 Å². The number of nitrogens with one attached hydrogen (secondary N) is 1. The number of hydrogen-bond acceptors (Lipinski definition) is 7. The number of aromatic nitrogens is 3. The highest BCUT2D eigenvalue weighted by molar-refractivity contribution is 6.01. The number of aromatic hydroxyl groups is 2. The van der Waals surface area contributed by atoms with Gasteiger partial charge in [0.2, 0.25) is 0 Å². The molecule has 3 N–H and O–H groups in total. The second-order valence-electron chi connectivity index (χ2n) is 10.9. The Morgan fingerprint density at radius 2 is 1.48 bits per heavy atom. The number of ether oxygens (including phenoxy) is 1. The molecular formula is C37H28N4O5. The molecule has 0 saturated heterocycles. The van der Waals surface area contributed by atoms with E-state index < -0.39 is 17.9 Å². The molecule has 7 rings (SSSR count). The number of rotatable bonds is 8. The summed E-state index contributed by atoms with van der Waals surface area (Å²) in [7, 11) is 0. The molecule has 0 unspecified atom stereocenters. The minimum Gasteiger partial charge on any atom is -0.508 e. The maximum Gasteiger partial charge on any atom is 0.329 e. The summed E-state index contributed by atoms with van der Waals surface area (Å²) in [6.07, 6.45) is 0.105. The van der Waals surface area contributed by atoms with E-state index in [1.54, 1.807) is 24.3 Å². The van der Waals surface area contributed by atoms with E-state index in [0.29, 0.717) is 17.0 Å². The van der Waals surface area contributed by atoms with Crippen molar-refractivity contribution in [3.63, 3.8) is 0 Å². The predicted molar refractivity (Wildman–Crippen MR) is 174 cm³/mol. The van der Waals surface area contributed by atoms with Crippen molar-refractivity contribution in [3.8, 4) is 22.9 Å². The van der Waals surface area contributed by atoms with Crippen LogP contribution in [0.4, 0.5) is 0 Å². The topological polar surface area (TPSA) is 126 Å². The molecule has 5 aromatic carbocycles. The van der Waals surface area contributed by atoms with Crippen molar-refractivity contribution in [1.29, 1.82) is 0 Å². The van der Waals surface area contributed by atoms with Crippen molar-refractivity contribution in [1.82, 2.24) is 19.7 Å². The van der Waals surface area contributed by atoms with Gasteiger partial charge in [0.25, 0.3) is 5.91 Å². The SMILES string of the molecule is O=C(N[C@@H](Cc1ccc(O)cc1)C(=O)OCc1ccccc1)c1cc(-c2nc3ccccc3c3nc4ccccc4n23)ccc1O. The Kier molecular flexibility index (Phi) is 7.48. The summed E-state index contributed by atoms with van der Waals surface area (Å²) in [6.45, 7) is 0.0326. The molecule has 2 heterocycles. The number of phenols is 2. The third kappa shape index (κ3) is 5.57. The van der Waals surface area contributed by atoms with Crippen LogP contribution in [0.15, 0.2) is 121 Å². The molecule has 0 spiro atoms. The van der Waals surface area contributed by atoms with Gasteiger partial charge in [0, 0.05) is 17.4 Å². The van der Waals surface area contributed by atoms with Gasteiger partial charge >= 0.3 is 5.97 Å². The van der Waals surface area contributed by atoms with Crippen molar-refractivity contribution >= 4 is 39.5 Å². The number of amides is 1. The van der Waals surface area contributed by atoms with Gasteiger partial charge in [-0.3, -0.25) is 9.20 Å². The van der Waals surface area contributed by atoms with Crippen LogP contribution in [-0.4, -0.2) is 42.5 Å². The zero-order chi connectivity index (χ0) is 31.6. The Balaban J connectivity index is 1.24. The Morgan fingerprint density at radius 1 is 0.761 bits per heavy atom. The van der Waals surface area contributed by atoms with Gasteiger partial charge in [0.15, 0.2) is 0 Å². The van der Waals surface area contributed by atoms with Gasteiger partial charge < -0.3 is 20.3 Å². The first-order valence-corrected chi connectivity index (χ1v) is 14.7. The number of phenolic OH excluding ortho intramolecular Hbond substituents is 2. The quantitative estimate of drug-likeness (QED) is 0.176. The van der Waals surface area contributed by atoms with Crippen molar-refractivity contribution in [3.05, 3.63) is 138 Å². The van der Waals surface area contributed by atoms with E-state index in [0.717, 1.165) is 33.1 Å². The van der Waals surface area contributed by atoms with Crippen LogP contribution in [0.2, 0.25) is 0 Å². The molecule has 0 aliphatic carbocycles. The Morgan fingerprint density at radius 3 is 2.28 bits per heavy atom. The highest BCUT2D eigenvalue weighted by atomic mass is 16.5. The molecular weight excluding hydrogens is 580 g/mol. The van der Waals surface area contributed by atoms with Gasteiger partial charge in [-0.25, -0.2) is 14.8 Å². The van der Waals surface area contributed by atoms with E-state index in [2.05, 4.69) is 5.32 Å². The molecule has 0 bridgehead atoms. The van der Waals surface area contributed by atoms with Gasteiger partial charge in [-0.2, -0.15) is 0 Å². The van der Waals surface area contributed by atoms with Crippen LogP contribution >= 0.6 is 0 Å². The molecule has 1 amide bonds. The lowest BCUT2D eigenvalue weighted by Crippen LogP contribution is -2.43. The summed E-state index contributed by atoms with van der Waals surface area (Å²) in [5.74, 6) is -0.926. The summed E-state index contributed by atoms with van der Waals surface area (Å²) in [6, 6.07) is 34.7. The predicted octanol–water partition coefficient (Wildman–Crippen LogP) is 6.20. The minimum absolute atomic E-state index is 0.0309. The summed E-state index contributed by atoms with van der Waals surface area (Å²) in [5.41, 5.74) is 5.14. The van der Waals surface area contributed by atoms with E-state index in [9.17, 15) is 19.8 Å². The fourth-order valence-corrected chi connectivity index (χ4v) is 5.52. The number of para-hydroxylation sites is 3. The Bertz CT molecular complexity index is 2230. The molecule has 7 aromatic rings. The van der Waals surface area contributed by atoms with E-state index in [1.165, 1.54) is 18.2 Å². The fourth-order valence-electron chi connectivity index (χ4n) is 5.52. The normalized spacial score (nSPS) is 11.9. The van der Waals surface area contributed by atoms with Gasteiger partial charge in [0.05, 0.1) is 22.1 Å². The first-order valence-electron chi connectivity index (χ1n) is 14.7. The number of hydrogen-bond donors (Lipinski definition) is 3. The first-order chi connectivity index (χ1) is 22.4. The molecule has 9 nitrogen and oxygen atoms in total. The molecule has 0 saturated carbocycles. The van der Waals surface area contributed by atoms with Crippen LogP contribution in [-0.2, 0) is 22.6 Å². The molecule has 0 aliphatic heterocycles. The van der Waals surface area contributed by atoms with Crippen LogP contribution in [0.1, 0.15) is 21.5 Å². The summed E-state index contributed by atoms with van der Waals surface area (Å²) < 4.78 is 7.53. The smallest absolute Gasteiger partial charge is 0.329 e. The zero-order valence-corrected chi connectivity index (χ0v) is 24.5. The van der Waals surface area contributed by atoms with Crippen LogP contribution in [0.25, 0.3) is 39.0 Å². The molecule has 0 fully saturated rings. The van der Waals surface area contributed by atoms with Gasteiger partial charge in [-0.1, -0.05) is 66.7 Å². The highest BCUT2D eigenvalue weighted by Gasteiger charge is 2.26. The molecule has 226 valence electrons. The van der Waals surface area contributed by atoms with Crippen molar-refractivity contribution in [2.75, 3.05) is 0 Å². The van der Waals surface area contributed by atoms with Crippen molar-refractivity contribution in [2.24, 2.45) is 0 Å². The monoisotopic (exact) mass is 608 g/mol. The summed E-state index contributed by atoms with van der Waals surface area (Å²) >= 11 is 0. The standard InChI is InChI=1S/C37H28N4O5/c42-26-17-14-23(15-18-26)20-31(37(45)46-22-24-8-2-1-3-9-24)40-36(44)28-21-25(16-19-33(28)43)34-38-29-11-5-4-10-27(29)35-39-30-12-6-7-13-32(30)41(34)35/h1-19,21,31,42-43H,20,22H2,(H,40,44)/t31-/m0/s1. The largest absolute Gasteiger partial charge is 0.508 e. The number of fused-ring (bicyclic) bond motifs is 5. The molecule has 46 heavy (non-hydrogen) atoms. The molecule has 0 aliphatic rings. The highest BCUT2D eigenvalue weighted by Crippen LogP contribution is 2.31. The number of carbonyl (C=O) groups is 2. The van der Waals surface area contributed by atoms with E-state index in [4.69, 9.17) is 14.7 Å². The Hall–Kier alpha value is -6.22. The lowest BCUT2D eigenvalue weighted by Gasteiger charge is -2.19. The van der Waals surface area contributed by atoms with Crippen LogP contribution in [0.3, 0.4) is 0 Å². The molecule has 1 atom stereocenters. The van der Waals surface area contributed by atoms with Crippen molar-refractivity contribution in [2.45, 2.75) is 19.1 Å². The third-order valence-corrected chi connectivity index (χ3v) is 7.83. The van der Waals surface area contributed by atoms with E-state index in [-0.39, 0.29) is 30.1 Å². The van der Waals surface area contributed by atoms with Crippen LogP contribution in [0, 0.1) is 0 Å². The fraction of sp³-hybridized carbons (Fsp3) is 0.0811. The van der Waals surface area contributed by atoms with Crippen LogP contribution < -0.4 is 5.32 Å². The lowest BCUT2D eigenvalue weighted by atomic mass is 10.0. The third-order valence-electron chi connectivity index (χ3n) is 7.83. The molecule has 9 heteroatoms. The second-order valence-corrected chi connectivity index (χ2v) is 10.9. The van der Waals surface area contributed by atoms with Gasteiger partial charge in [-0.15, -0.1) is 0 Å². The van der Waals surface area contributed by atoms with E-state index >= 15 is 0 Å². The summed E-state index contributed by atoms with van der Waals surface area (Å²) in [4.78, 5) is 36.9. The maximum atomic E-state index is 13.8. The number of esters is 1. The average molecular weight is 609 g/mol. The number of carbonyl (C=O) groups excluding carboxylic acids is 2. The number of imidazole rings is 1. The van der Waals surface area contributed by atoms with E-state index in [1.807, 2.05) is 83.3 Å². The van der Waals surface area contributed by atoms with Crippen LogP contribution in [0.5, 0.6) is 11.5 Å². The molecule has 2 aromatic heterocycles. The zero-order valence-electron chi connectivity index (χ0n) is 24.5. The Labute approximate surface area is 263 Å². The maximum absolute atomic E-state index is 13.8. The number of benzene rings is 5. The first kappa shape index (κ1) is 28.5. The van der Waals surface area contributed by atoms with Crippen molar-refractivity contribution < 1.29 is 24.5 Å².